The fourth-order valence-electron chi connectivity index (χ4n) is 2.20. The zero-order valence-corrected chi connectivity index (χ0v) is 14.6. The molecule has 10 heteroatoms. The van der Waals surface area contributed by atoms with Gasteiger partial charge in [-0.15, -0.1) is 11.3 Å². The normalized spacial score (nSPS) is 14.2. The lowest BCUT2D eigenvalue weighted by Gasteiger charge is -2.25. The van der Waals surface area contributed by atoms with Crippen LogP contribution < -0.4 is 15.8 Å². The van der Waals surface area contributed by atoms with Crippen molar-refractivity contribution in [1.82, 2.24) is 15.8 Å². The van der Waals surface area contributed by atoms with E-state index >= 15 is 0 Å². The fourth-order valence-corrected chi connectivity index (χ4v) is 3.24. The molecule has 3 N–H and O–H groups in total. The number of benzene rings is 1. The summed E-state index contributed by atoms with van der Waals surface area (Å²) in [7, 11) is 0. The highest BCUT2D eigenvalue weighted by Gasteiger charge is 2.18. The third-order valence-electron chi connectivity index (χ3n) is 3.50. The minimum atomic E-state index is -0.683. The molecule has 0 radical (unpaired) electrons. The summed E-state index contributed by atoms with van der Waals surface area (Å²) in [6.07, 6.45) is 0. The van der Waals surface area contributed by atoms with Crippen molar-refractivity contribution in [2.75, 3.05) is 31.2 Å². The molecular formula is C15H15ClN4O4S. The molecule has 2 aromatic rings. The summed E-state index contributed by atoms with van der Waals surface area (Å²) in [6.45, 7) is 2.69. The van der Waals surface area contributed by atoms with E-state index in [-0.39, 0.29) is 17.0 Å². The molecule has 1 aromatic carbocycles. The molecule has 2 heterocycles. The third kappa shape index (κ3) is 4.19. The van der Waals surface area contributed by atoms with Crippen LogP contribution in [0, 0.1) is 0 Å². The Kier molecular flexibility index (Phi) is 5.37. The van der Waals surface area contributed by atoms with Crippen LogP contribution in [0.3, 0.4) is 0 Å². The van der Waals surface area contributed by atoms with Crippen molar-refractivity contribution in [1.29, 1.82) is 0 Å². The highest BCUT2D eigenvalue weighted by atomic mass is 35.5. The molecule has 3 rings (SSSR count). The number of anilines is 1. The quantitative estimate of drug-likeness (QED) is 0.693. The number of carbonyl (C=O) groups is 2. The average molecular weight is 383 g/mol. The van der Waals surface area contributed by atoms with E-state index in [1.165, 1.54) is 29.5 Å². The lowest BCUT2D eigenvalue weighted by Crippen LogP contribution is -2.42. The van der Waals surface area contributed by atoms with Gasteiger partial charge in [0, 0.05) is 23.5 Å². The van der Waals surface area contributed by atoms with Gasteiger partial charge in [-0.2, -0.15) is 0 Å². The van der Waals surface area contributed by atoms with E-state index in [9.17, 15) is 14.7 Å². The van der Waals surface area contributed by atoms with E-state index in [2.05, 4.69) is 15.8 Å². The summed E-state index contributed by atoms with van der Waals surface area (Å²) < 4.78 is 5.28. The Bertz CT molecular complexity index is 792. The van der Waals surface area contributed by atoms with Crippen LogP contribution in [0.25, 0.3) is 0 Å². The summed E-state index contributed by atoms with van der Waals surface area (Å²) in [5.74, 6) is -1.47. The van der Waals surface area contributed by atoms with Gasteiger partial charge in [-0.1, -0.05) is 11.6 Å². The molecular weight excluding hydrogens is 368 g/mol. The molecule has 1 fully saturated rings. The standard InChI is InChI=1S/C15H15ClN4O4S/c16-9-1-2-12(21)10(7-9)13(22)18-19-14(23)11-8-25-15(17-11)20-3-5-24-6-4-20/h1-2,7-8,21H,3-6H2,(H,18,22)(H,19,23). The van der Waals surface area contributed by atoms with Crippen molar-refractivity contribution in [3.63, 3.8) is 0 Å². The van der Waals surface area contributed by atoms with Crippen molar-refractivity contribution in [2.24, 2.45) is 0 Å². The van der Waals surface area contributed by atoms with Gasteiger partial charge in [-0.3, -0.25) is 20.4 Å². The summed E-state index contributed by atoms with van der Waals surface area (Å²) in [6, 6.07) is 4.06. The number of hydrogen-bond donors (Lipinski definition) is 3. The van der Waals surface area contributed by atoms with E-state index in [1.54, 1.807) is 5.38 Å². The van der Waals surface area contributed by atoms with Crippen LogP contribution in [0.15, 0.2) is 23.6 Å². The van der Waals surface area contributed by atoms with Crippen molar-refractivity contribution >= 4 is 39.9 Å². The number of aromatic hydroxyl groups is 1. The first-order chi connectivity index (χ1) is 12.0. The van der Waals surface area contributed by atoms with Gasteiger partial charge in [0.15, 0.2) is 5.13 Å². The van der Waals surface area contributed by atoms with E-state index in [0.717, 1.165) is 18.2 Å². The van der Waals surface area contributed by atoms with Crippen LogP contribution in [0.1, 0.15) is 20.8 Å². The van der Waals surface area contributed by atoms with E-state index in [0.29, 0.717) is 18.2 Å². The Hall–Kier alpha value is -2.36. The first-order valence-electron chi connectivity index (χ1n) is 7.42. The van der Waals surface area contributed by atoms with Crippen LogP contribution in [-0.4, -0.2) is 48.2 Å². The molecule has 2 amide bonds. The Morgan fingerprint density at radius 3 is 2.72 bits per heavy atom. The predicted molar refractivity (Wildman–Crippen MR) is 93.2 cm³/mol. The number of thiazole rings is 1. The molecule has 0 unspecified atom stereocenters. The van der Waals surface area contributed by atoms with Crippen LogP contribution in [0.4, 0.5) is 5.13 Å². The maximum absolute atomic E-state index is 12.1. The number of hydrogen-bond acceptors (Lipinski definition) is 7. The first kappa shape index (κ1) is 17.5. The van der Waals surface area contributed by atoms with E-state index in [1.807, 2.05) is 4.90 Å². The smallest absolute Gasteiger partial charge is 0.289 e. The highest BCUT2D eigenvalue weighted by molar-refractivity contribution is 7.13. The predicted octanol–water partition coefficient (Wildman–Crippen LogP) is 1.41. The molecule has 0 atom stereocenters. The summed E-state index contributed by atoms with van der Waals surface area (Å²) in [5, 5.41) is 12.3. The lowest BCUT2D eigenvalue weighted by atomic mass is 10.2. The number of rotatable bonds is 3. The van der Waals surface area contributed by atoms with Crippen molar-refractivity contribution in [3.8, 4) is 5.75 Å². The Morgan fingerprint density at radius 1 is 1.24 bits per heavy atom. The van der Waals surface area contributed by atoms with Crippen LogP contribution >= 0.6 is 22.9 Å². The second-order valence-corrected chi connectivity index (χ2v) is 6.46. The van der Waals surface area contributed by atoms with Gasteiger partial charge in [0.1, 0.15) is 11.4 Å². The van der Waals surface area contributed by atoms with E-state index < -0.39 is 11.8 Å². The number of phenols is 1. The number of nitrogens with zero attached hydrogens (tertiary/aromatic N) is 2. The summed E-state index contributed by atoms with van der Waals surface area (Å²) >= 11 is 7.14. The van der Waals surface area contributed by atoms with Gasteiger partial charge in [0.05, 0.1) is 18.8 Å². The average Bonchev–Trinajstić information content (AvgIpc) is 3.12. The van der Waals surface area contributed by atoms with Crippen LogP contribution in [-0.2, 0) is 4.74 Å². The van der Waals surface area contributed by atoms with Crippen LogP contribution in [0.2, 0.25) is 5.02 Å². The lowest BCUT2D eigenvalue weighted by molar-refractivity contribution is 0.0842. The number of aromatic nitrogens is 1. The summed E-state index contributed by atoms with van der Waals surface area (Å²) in [5.41, 5.74) is 4.65. The van der Waals surface area contributed by atoms with Gasteiger partial charge >= 0.3 is 0 Å². The molecule has 1 saturated heterocycles. The number of carbonyl (C=O) groups excluding carboxylic acids is 2. The van der Waals surface area contributed by atoms with E-state index in [4.69, 9.17) is 16.3 Å². The number of hydrazine groups is 1. The molecule has 8 nitrogen and oxygen atoms in total. The molecule has 25 heavy (non-hydrogen) atoms. The molecule has 0 aliphatic carbocycles. The number of morpholine rings is 1. The molecule has 0 saturated carbocycles. The number of phenolic OH excluding ortho intramolecular Hbond substituents is 1. The zero-order valence-electron chi connectivity index (χ0n) is 13.0. The van der Waals surface area contributed by atoms with Gasteiger partial charge in [0.2, 0.25) is 0 Å². The largest absolute Gasteiger partial charge is 0.507 e. The number of ether oxygens (including phenoxy) is 1. The molecule has 1 aliphatic rings. The van der Waals surface area contributed by atoms with Crippen molar-refractivity contribution < 1.29 is 19.4 Å². The Labute approximate surface area is 152 Å². The number of halogens is 1. The number of amides is 2. The Balaban J connectivity index is 1.60. The SMILES string of the molecule is O=C(NNC(=O)c1cc(Cl)ccc1O)c1csc(N2CCOCC2)n1. The highest BCUT2D eigenvalue weighted by Crippen LogP contribution is 2.22. The minimum absolute atomic E-state index is 0.0416. The third-order valence-corrected chi connectivity index (χ3v) is 4.64. The second-order valence-electron chi connectivity index (χ2n) is 5.18. The molecule has 1 aromatic heterocycles. The van der Waals surface area contributed by atoms with Gasteiger partial charge < -0.3 is 14.7 Å². The van der Waals surface area contributed by atoms with Crippen molar-refractivity contribution in [2.45, 2.75) is 0 Å². The molecule has 0 spiro atoms. The maximum atomic E-state index is 12.1. The van der Waals surface area contributed by atoms with Gasteiger partial charge in [0.25, 0.3) is 11.8 Å². The van der Waals surface area contributed by atoms with Crippen molar-refractivity contribution in [3.05, 3.63) is 39.9 Å². The van der Waals surface area contributed by atoms with Gasteiger partial charge in [-0.25, -0.2) is 4.98 Å². The maximum Gasteiger partial charge on any atom is 0.289 e. The molecule has 0 bridgehead atoms. The van der Waals surface area contributed by atoms with Gasteiger partial charge in [-0.05, 0) is 18.2 Å². The molecule has 1 aliphatic heterocycles. The van der Waals surface area contributed by atoms with Crippen LogP contribution in [0.5, 0.6) is 5.75 Å². The molecule has 132 valence electrons. The first-order valence-corrected chi connectivity index (χ1v) is 8.68. The second kappa shape index (κ2) is 7.68. The monoisotopic (exact) mass is 382 g/mol. The number of nitrogens with one attached hydrogen (secondary N) is 2. The fraction of sp³-hybridized carbons (Fsp3) is 0.267. The zero-order chi connectivity index (χ0) is 17.8. The topological polar surface area (TPSA) is 104 Å². The Morgan fingerprint density at radius 2 is 1.96 bits per heavy atom. The summed E-state index contributed by atoms with van der Waals surface area (Å²) in [4.78, 5) is 30.4. The minimum Gasteiger partial charge on any atom is -0.507 e.